The predicted molar refractivity (Wildman–Crippen MR) is 92.4 cm³/mol. The Balaban J connectivity index is 2.50. The summed E-state index contributed by atoms with van der Waals surface area (Å²) in [5, 5.41) is 7.28. The molecule has 0 aliphatic rings. The third-order valence-corrected chi connectivity index (χ3v) is 3.65. The van der Waals surface area contributed by atoms with Gasteiger partial charge in [-0.25, -0.2) is 0 Å². The maximum absolute atomic E-state index is 11.7. The van der Waals surface area contributed by atoms with Crippen LogP contribution < -0.4 is 16.0 Å². The van der Waals surface area contributed by atoms with Crippen LogP contribution in [-0.2, 0) is 14.4 Å². The zero-order valence-corrected chi connectivity index (χ0v) is 14.7. The second-order valence-corrected chi connectivity index (χ2v) is 7.73. The number of anilines is 1. The van der Waals surface area contributed by atoms with Crippen molar-refractivity contribution in [2.45, 2.75) is 37.3 Å². The highest BCUT2D eigenvalue weighted by atomic mass is 32.2. The molecular formula is C16H23N3O3S. The van der Waals surface area contributed by atoms with Crippen LogP contribution in [0.25, 0.3) is 0 Å². The van der Waals surface area contributed by atoms with Gasteiger partial charge in [0.2, 0.25) is 5.91 Å². The molecule has 126 valence electrons. The minimum atomic E-state index is -0.843. The highest BCUT2D eigenvalue weighted by Gasteiger charge is 2.15. The molecule has 0 aromatic heterocycles. The Morgan fingerprint density at radius 2 is 1.61 bits per heavy atom. The summed E-state index contributed by atoms with van der Waals surface area (Å²) in [7, 11) is 0. The highest BCUT2D eigenvalue weighted by Crippen LogP contribution is 2.32. The number of benzene rings is 1. The summed E-state index contributed by atoms with van der Waals surface area (Å²) in [6, 6.07) is 7.25. The summed E-state index contributed by atoms with van der Waals surface area (Å²) < 4.78 is 0.101. The number of carbonyl (C=O) groups is 3. The minimum Gasteiger partial charge on any atom is -0.355 e. The Morgan fingerprint density at radius 1 is 1.00 bits per heavy atom. The van der Waals surface area contributed by atoms with Gasteiger partial charge in [-0.1, -0.05) is 20.8 Å². The standard InChI is InChI=1S/C16H23N3O3S/c1-5-17-13(20)10-18-14(21)15(22)19-11-6-8-12(9-7-11)23-16(2,3)4/h6-9H,5,10H2,1-4H3,(H,17,20)(H,18,21)(H,19,22). The molecule has 0 fully saturated rings. The second kappa shape index (κ2) is 8.57. The van der Waals surface area contributed by atoms with E-state index < -0.39 is 11.8 Å². The van der Waals surface area contributed by atoms with Crippen molar-refractivity contribution in [2.75, 3.05) is 18.4 Å². The Labute approximate surface area is 140 Å². The fourth-order valence-corrected chi connectivity index (χ4v) is 2.63. The van der Waals surface area contributed by atoms with Crippen LogP contribution >= 0.6 is 11.8 Å². The number of rotatable bonds is 5. The van der Waals surface area contributed by atoms with Crippen molar-refractivity contribution >= 4 is 35.2 Å². The van der Waals surface area contributed by atoms with E-state index in [-0.39, 0.29) is 17.2 Å². The third kappa shape index (κ3) is 7.69. The van der Waals surface area contributed by atoms with Gasteiger partial charge >= 0.3 is 11.8 Å². The molecule has 6 nitrogen and oxygen atoms in total. The van der Waals surface area contributed by atoms with Crippen LogP contribution in [0.1, 0.15) is 27.7 Å². The monoisotopic (exact) mass is 337 g/mol. The van der Waals surface area contributed by atoms with E-state index in [1.165, 1.54) is 0 Å². The van der Waals surface area contributed by atoms with Crippen LogP contribution in [0.2, 0.25) is 0 Å². The van der Waals surface area contributed by atoms with E-state index in [0.29, 0.717) is 12.2 Å². The summed E-state index contributed by atoms with van der Waals surface area (Å²) in [5.74, 6) is -1.98. The summed E-state index contributed by atoms with van der Waals surface area (Å²) in [6.45, 7) is 8.38. The normalized spacial score (nSPS) is 10.8. The average molecular weight is 337 g/mol. The molecule has 0 bridgehead atoms. The largest absolute Gasteiger partial charge is 0.355 e. The van der Waals surface area contributed by atoms with E-state index in [1.807, 2.05) is 12.1 Å². The van der Waals surface area contributed by atoms with Gasteiger partial charge in [0.25, 0.3) is 0 Å². The first-order chi connectivity index (χ1) is 10.7. The topological polar surface area (TPSA) is 87.3 Å². The van der Waals surface area contributed by atoms with E-state index >= 15 is 0 Å². The van der Waals surface area contributed by atoms with Crippen molar-refractivity contribution < 1.29 is 14.4 Å². The summed E-state index contributed by atoms with van der Waals surface area (Å²) in [6.07, 6.45) is 0. The first-order valence-corrected chi connectivity index (χ1v) is 8.18. The molecule has 0 saturated heterocycles. The van der Waals surface area contributed by atoms with E-state index in [2.05, 4.69) is 36.7 Å². The van der Waals surface area contributed by atoms with Gasteiger partial charge in [0.05, 0.1) is 6.54 Å². The lowest BCUT2D eigenvalue weighted by molar-refractivity contribution is -0.136. The smallest absolute Gasteiger partial charge is 0.313 e. The first-order valence-electron chi connectivity index (χ1n) is 7.36. The maximum Gasteiger partial charge on any atom is 0.313 e. The number of carbonyl (C=O) groups excluding carboxylic acids is 3. The average Bonchev–Trinajstić information content (AvgIpc) is 2.45. The van der Waals surface area contributed by atoms with Crippen LogP contribution in [0.3, 0.4) is 0 Å². The molecule has 7 heteroatoms. The number of hydrogen-bond donors (Lipinski definition) is 3. The fourth-order valence-electron chi connectivity index (χ4n) is 1.65. The van der Waals surface area contributed by atoms with E-state index in [0.717, 1.165) is 4.90 Å². The number of amides is 3. The van der Waals surface area contributed by atoms with Crippen molar-refractivity contribution in [1.29, 1.82) is 0 Å². The number of hydrogen-bond acceptors (Lipinski definition) is 4. The highest BCUT2D eigenvalue weighted by molar-refractivity contribution is 8.00. The molecule has 0 heterocycles. The molecule has 3 amide bonds. The molecular weight excluding hydrogens is 314 g/mol. The predicted octanol–water partition coefficient (Wildman–Crippen LogP) is 1.77. The van der Waals surface area contributed by atoms with Crippen molar-refractivity contribution in [3.05, 3.63) is 24.3 Å². The molecule has 0 saturated carbocycles. The van der Waals surface area contributed by atoms with E-state index in [9.17, 15) is 14.4 Å². The van der Waals surface area contributed by atoms with Gasteiger partial charge in [0.15, 0.2) is 0 Å². The Morgan fingerprint density at radius 3 is 2.13 bits per heavy atom. The van der Waals surface area contributed by atoms with Crippen molar-refractivity contribution in [3.63, 3.8) is 0 Å². The number of thioether (sulfide) groups is 1. The second-order valence-electron chi connectivity index (χ2n) is 5.83. The Bertz CT molecular complexity index is 565. The zero-order chi connectivity index (χ0) is 17.5. The molecule has 1 aromatic rings. The first kappa shape index (κ1) is 19.0. The molecule has 0 radical (unpaired) electrons. The molecule has 0 aliphatic heterocycles. The summed E-state index contributed by atoms with van der Waals surface area (Å²) >= 11 is 1.71. The summed E-state index contributed by atoms with van der Waals surface area (Å²) in [4.78, 5) is 35.6. The molecule has 23 heavy (non-hydrogen) atoms. The molecule has 0 spiro atoms. The molecule has 1 rings (SSSR count). The van der Waals surface area contributed by atoms with Crippen molar-refractivity contribution in [2.24, 2.45) is 0 Å². The number of likely N-dealkylation sites (N-methyl/N-ethyl adjacent to an activating group) is 1. The van der Waals surface area contributed by atoms with Gasteiger partial charge in [-0.15, -0.1) is 11.8 Å². The lowest BCUT2D eigenvalue weighted by Crippen LogP contribution is -2.41. The lowest BCUT2D eigenvalue weighted by atomic mass is 10.3. The van der Waals surface area contributed by atoms with Crippen molar-refractivity contribution in [1.82, 2.24) is 10.6 Å². The molecule has 0 atom stereocenters. The van der Waals surface area contributed by atoms with E-state index in [1.54, 1.807) is 30.8 Å². The number of nitrogens with one attached hydrogen (secondary N) is 3. The molecule has 1 aromatic carbocycles. The van der Waals surface area contributed by atoms with Gasteiger partial charge in [0.1, 0.15) is 0 Å². The van der Waals surface area contributed by atoms with Crippen molar-refractivity contribution in [3.8, 4) is 0 Å². The van der Waals surface area contributed by atoms with Crippen LogP contribution in [0.4, 0.5) is 5.69 Å². The summed E-state index contributed by atoms with van der Waals surface area (Å²) in [5.41, 5.74) is 0.529. The van der Waals surface area contributed by atoms with Crippen LogP contribution in [0, 0.1) is 0 Å². The molecule has 3 N–H and O–H groups in total. The van der Waals surface area contributed by atoms with Gasteiger partial charge in [0, 0.05) is 21.9 Å². The fraction of sp³-hybridized carbons (Fsp3) is 0.438. The quantitative estimate of drug-likeness (QED) is 0.564. The SMILES string of the molecule is CCNC(=O)CNC(=O)C(=O)Nc1ccc(SC(C)(C)C)cc1. The Hall–Kier alpha value is -2.02. The Kier molecular flexibility index (Phi) is 7.09. The molecule has 0 aliphatic carbocycles. The van der Waals surface area contributed by atoms with Gasteiger partial charge in [-0.05, 0) is 31.2 Å². The lowest BCUT2D eigenvalue weighted by Gasteiger charge is -2.17. The molecule has 0 unspecified atom stereocenters. The van der Waals surface area contributed by atoms with Crippen LogP contribution in [0.5, 0.6) is 0 Å². The van der Waals surface area contributed by atoms with Gasteiger partial charge in [-0.3, -0.25) is 14.4 Å². The van der Waals surface area contributed by atoms with Gasteiger partial charge in [-0.2, -0.15) is 0 Å². The minimum absolute atomic E-state index is 0.101. The van der Waals surface area contributed by atoms with E-state index in [4.69, 9.17) is 0 Å². The van der Waals surface area contributed by atoms with Crippen LogP contribution in [-0.4, -0.2) is 35.6 Å². The third-order valence-electron chi connectivity index (χ3n) is 2.53. The maximum atomic E-state index is 11.7. The zero-order valence-electron chi connectivity index (χ0n) is 13.9. The van der Waals surface area contributed by atoms with Crippen LogP contribution in [0.15, 0.2) is 29.2 Å². The van der Waals surface area contributed by atoms with Gasteiger partial charge < -0.3 is 16.0 Å².